The second kappa shape index (κ2) is 75.0. The Balaban J connectivity index is 5.29. The molecule has 0 aromatic rings. The summed E-state index contributed by atoms with van der Waals surface area (Å²) in [6, 6.07) is 0. The Morgan fingerprint density at radius 1 is 0.301 bits per heavy atom. The molecule has 0 saturated heterocycles. The summed E-state index contributed by atoms with van der Waals surface area (Å²) in [4.78, 5) is 73.1. The van der Waals surface area contributed by atoms with Crippen LogP contribution in [0.25, 0.3) is 0 Å². The topological polar surface area (TPSA) is 237 Å². The average Bonchev–Trinajstić information content (AvgIpc) is 0.920. The summed E-state index contributed by atoms with van der Waals surface area (Å²) in [6.45, 7) is 9.64. The van der Waals surface area contributed by atoms with Crippen LogP contribution in [0.2, 0.25) is 0 Å². The molecule has 0 aromatic carbocycles. The minimum atomic E-state index is -4.97. The molecule has 0 heterocycles. The van der Waals surface area contributed by atoms with Crippen LogP contribution in [0.5, 0.6) is 0 Å². The minimum absolute atomic E-state index is 0.0856. The van der Waals surface area contributed by atoms with Crippen LogP contribution in [0.4, 0.5) is 0 Å². The highest BCUT2D eigenvalue weighted by Gasteiger charge is 2.30. The summed E-state index contributed by atoms with van der Waals surface area (Å²) in [7, 11) is -9.94. The SMILES string of the molecule is CCCCCC/C=C\C=C/CCCCCCCC(=O)O[C@H](COC(=O)CCCCCCCCCCCCCC)COP(=O)(O)OC[C@H](O)COP(=O)(O)OC[C@@H](COC(=O)CCCCCCCCCCCCCCCCCC(C)C)OC(=O)CCCCCCCCCCCCCCCCCC(C)C. The first-order valence-corrected chi connectivity index (χ1v) is 45.8. The zero-order chi connectivity index (χ0) is 75.6. The number of rotatable bonds is 81. The quantitative estimate of drug-likeness (QED) is 0.0169. The van der Waals surface area contributed by atoms with Crippen LogP contribution in [0.3, 0.4) is 0 Å². The summed E-state index contributed by atoms with van der Waals surface area (Å²) < 4.78 is 68.8. The standard InChI is InChI=1S/C84H160O17P2/c1-7-9-11-13-15-17-19-21-24-32-38-44-50-56-62-68-83(88)100-79(72-94-81(86)66-60-54-48-42-36-20-18-16-14-12-10-8-2)74-98-102(90,91)96-70-78(85)71-97-103(92,93)99-75-80(101-84(89)69-63-57-51-45-39-33-28-23-26-30-35-41-47-53-59-65-77(5)6)73-95-82(87)67-61-55-49-43-37-31-27-22-25-29-34-40-46-52-58-64-76(3)4/h17,19,21,24,76-80,85H,7-16,18,20,22-23,25-75H2,1-6H3,(H,90,91)(H,92,93)/b19-17-,24-21-/t78-,79+,80+/m0/s1. The van der Waals surface area contributed by atoms with Gasteiger partial charge in [-0.1, -0.05) is 368 Å². The Kier molecular flexibility index (Phi) is 73.2. The lowest BCUT2D eigenvalue weighted by atomic mass is 10.0. The van der Waals surface area contributed by atoms with Crippen LogP contribution in [0, 0.1) is 11.8 Å². The van der Waals surface area contributed by atoms with Crippen LogP contribution < -0.4 is 0 Å². The van der Waals surface area contributed by atoms with Crippen LogP contribution in [0.15, 0.2) is 24.3 Å². The van der Waals surface area contributed by atoms with Crippen LogP contribution in [-0.4, -0.2) is 96.7 Å². The van der Waals surface area contributed by atoms with Crippen molar-refractivity contribution >= 4 is 39.5 Å². The van der Waals surface area contributed by atoms with Gasteiger partial charge in [0.2, 0.25) is 0 Å². The van der Waals surface area contributed by atoms with Crippen molar-refractivity contribution in [2.75, 3.05) is 39.6 Å². The fourth-order valence-corrected chi connectivity index (χ4v) is 14.1. The lowest BCUT2D eigenvalue weighted by Crippen LogP contribution is -2.30. The van der Waals surface area contributed by atoms with Gasteiger partial charge in [-0.25, -0.2) is 9.13 Å². The van der Waals surface area contributed by atoms with Gasteiger partial charge < -0.3 is 33.8 Å². The molecule has 0 rings (SSSR count). The molecular weight excluding hydrogens is 1340 g/mol. The number of phosphoric acid groups is 2. The van der Waals surface area contributed by atoms with E-state index in [1.54, 1.807) is 0 Å². The molecule has 0 amide bonds. The third-order valence-electron chi connectivity index (χ3n) is 19.1. The molecule has 103 heavy (non-hydrogen) atoms. The van der Waals surface area contributed by atoms with E-state index in [0.29, 0.717) is 25.7 Å². The summed E-state index contributed by atoms with van der Waals surface area (Å²) in [5, 5.41) is 10.7. The van der Waals surface area contributed by atoms with Crippen LogP contribution >= 0.6 is 15.6 Å². The van der Waals surface area contributed by atoms with Gasteiger partial charge in [-0.2, -0.15) is 0 Å². The van der Waals surface area contributed by atoms with Crippen LogP contribution in [-0.2, 0) is 65.4 Å². The lowest BCUT2D eigenvalue weighted by molar-refractivity contribution is -0.161. The molecule has 0 bridgehead atoms. The summed E-state index contributed by atoms with van der Waals surface area (Å²) in [5.74, 6) is -0.527. The molecule has 3 N–H and O–H groups in total. The zero-order valence-corrected chi connectivity index (χ0v) is 68.9. The molecule has 5 atom stereocenters. The van der Waals surface area contributed by atoms with Gasteiger partial charge in [0.1, 0.15) is 19.3 Å². The van der Waals surface area contributed by atoms with Gasteiger partial charge in [0, 0.05) is 25.7 Å². The van der Waals surface area contributed by atoms with E-state index in [4.69, 9.17) is 37.0 Å². The number of aliphatic hydroxyl groups excluding tert-OH is 1. The van der Waals surface area contributed by atoms with E-state index in [-0.39, 0.29) is 25.7 Å². The van der Waals surface area contributed by atoms with E-state index < -0.39 is 97.5 Å². The van der Waals surface area contributed by atoms with Gasteiger partial charge in [-0.05, 0) is 63.2 Å². The summed E-state index contributed by atoms with van der Waals surface area (Å²) >= 11 is 0. The molecule has 2 unspecified atom stereocenters. The first kappa shape index (κ1) is 101. The Hall–Kier alpha value is -2.46. The van der Waals surface area contributed by atoms with Crippen molar-refractivity contribution in [1.29, 1.82) is 0 Å². The number of carbonyl (C=O) groups excluding carboxylic acids is 4. The highest BCUT2D eigenvalue weighted by atomic mass is 31.2. The molecule has 0 saturated carbocycles. The van der Waals surface area contributed by atoms with Gasteiger partial charge in [-0.3, -0.25) is 37.3 Å². The number of hydrogen-bond donors (Lipinski definition) is 3. The molecule has 0 aliphatic heterocycles. The number of unbranched alkanes of at least 4 members (excludes halogenated alkanes) is 48. The molecule has 0 spiro atoms. The van der Waals surface area contributed by atoms with E-state index >= 15 is 0 Å². The minimum Gasteiger partial charge on any atom is -0.462 e. The maximum atomic E-state index is 13.1. The van der Waals surface area contributed by atoms with Gasteiger partial charge in [-0.15, -0.1) is 0 Å². The van der Waals surface area contributed by atoms with E-state index in [1.807, 2.05) is 0 Å². The molecule has 608 valence electrons. The molecule has 0 radical (unpaired) electrons. The third-order valence-corrected chi connectivity index (χ3v) is 21.0. The number of phosphoric ester groups is 2. The van der Waals surface area contributed by atoms with Crippen molar-refractivity contribution in [1.82, 2.24) is 0 Å². The lowest BCUT2D eigenvalue weighted by Gasteiger charge is -2.21. The fourth-order valence-electron chi connectivity index (χ4n) is 12.5. The predicted octanol–water partition coefficient (Wildman–Crippen LogP) is 25.0. The normalized spacial score (nSPS) is 14.0. The number of esters is 4. The number of aliphatic hydroxyl groups is 1. The third kappa shape index (κ3) is 77.5. The predicted molar refractivity (Wildman–Crippen MR) is 423 cm³/mol. The maximum Gasteiger partial charge on any atom is 0.472 e. The molecule has 0 aromatic heterocycles. The molecule has 0 fully saturated rings. The van der Waals surface area contributed by atoms with Gasteiger partial charge in [0.05, 0.1) is 26.4 Å². The smallest absolute Gasteiger partial charge is 0.462 e. The Bertz CT molecular complexity index is 2070. The van der Waals surface area contributed by atoms with Gasteiger partial charge in [0.15, 0.2) is 12.2 Å². The largest absolute Gasteiger partial charge is 0.472 e. The highest BCUT2D eigenvalue weighted by Crippen LogP contribution is 2.45. The highest BCUT2D eigenvalue weighted by molar-refractivity contribution is 7.47. The van der Waals surface area contributed by atoms with Crippen molar-refractivity contribution in [3.63, 3.8) is 0 Å². The van der Waals surface area contributed by atoms with E-state index in [0.717, 1.165) is 115 Å². The number of hydrogen-bond acceptors (Lipinski definition) is 15. The van der Waals surface area contributed by atoms with Crippen LogP contribution in [0.1, 0.15) is 420 Å². The molecular formula is C84H160O17P2. The van der Waals surface area contributed by atoms with E-state index in [9.17, 15) is 43.2 Å². The monoisotopic (exact) mass is 1500 g/mol. The summed E-state index contributed by atoms with van der Waals surface area (Å²) in [6.07, 6.45) is 68.7. The van der Waals surface area contributed by atoms with Crippen molar-refractivity contribution in [3.8, 4) is 0 Å². The van der Waals surface area contributed by atoms with Crippen molar-refractivity contribution in [2.45, 2.75) is 439 Å². The Morgan fingerprint density at radius 2 is 0.524 bits per heavy atom. The first-order chi connectivity index (χ1) is 49.9. The Morgan fingerprint density at radius 3 is 0.796 bits per heavy atom. The molecule has 0 aliphatic carbocycles. The molecule has 0 aliphatic rings. The summed E-state index contributed by atoms with van der Waals surface area (Å²) in [5.41, 5.74) is 0. The van der Waals surface area contributed by atoms with Gasteiger partial charge >= 0.3 is 39.5 Å². The van der Waals surface area contributed by atoms with E-state index in [1.165, 1.54) is 225 Å². The number of carbonyl (C=O) groups is 4. The average molecular weight is 1500 g/mol. The zero-order valence-electron chi connectivity index (χ0n) is 67.1. The second-order valence-corrected chi connectivity index (χ2v) is 33.4. The number of allylic oxidation sites excluding steroid dienone is 4. The van der Waals surface area contributed by atoms with Crippen molar-refractivity contribution in [3.05, 3.63) is 24.3 Å². The number of ether oxygens (including phenoxy) is 4. The van der Waals surface area contributed by atoms with Crippen molar-refractivity contribution < 1.29 is 80.2 Å². The first-order valence-electron chi connectivity index (χ1n) is 42.8. The molecule has 17 nitrogen and oxygen atoms in total. The van der Waals surface area contributed by atoms with Gasteiger partial charge in [0.25, 0.3) is 0 Å². The van der Waals surface area contributed by atoms with E-state index in [2.05, 4.69) is 65.8 Å². The second-order valence-electron chi connectivity index (χ2n) is 30.5. The fraction of sp³-hybridized carbons (Fsp3) is 0.905. The maximum absolute atomic E-state index is 13.1. The van der Waals surface area contributed by atoms with Crippen molar-refractivity contribution in [2.24, 2.45) is 11.8 Å². The molecule has 19 heteroatoms. The Labute approximate surface area is 631 Å².